The molecular formula is C19H14F3NO2S. The summed E-state index contributed by atoms with van der Waals surface area (Å²) in [5.41, 5.74) is -0.0965. The van der Waals surface area contributed by atoms with Crippen molar-refractivity contribution in [1.82, 2.24) is 0 Å². The van der Waals surface area contributed by atoms with Gasteiger partial charge in [0, 0.05) is 21.9 Å². The highest BCUT2D eigenvalue weighted by atomic mass is 32.2. The van der Waals surface area contributed by atoms with Crippen LogP contribution in [0.1, 0.15) is 21.7 Å². The normalized spacial score (nSPS) is 11.3. The van der Waals surface area contributed by atoms with Crippen molar-refractivity contribution in [3.8, 4) is 0 Å². The minimum absolute atomic E-state index is 0.0582. The Morgan fingerprint density at radius 3 is 2.54 bits per heavy atom. The van der Waals surface area contributed by atoms with E-state index >= 15 is 0 Å². The molecule has 0 fully saturated rings. The molecule has 0 bridgehead atoms. The summed E-state index contributed by atoms with van der Waals surface area (Å²) in [4.78, 5) is 13.4. The van der Waals surface area contributed by atoms with Crippen molar-refractivity contribution in [3.05, 3.63) is 83.8 Å². The molecule has 1 N–H and O–H groups in total. The maximum Gasteiger partial charge on any atom is 0.416 e. The lowest BCUT2D eigenvalue weighted by molar-refractivity contribution is -0.137. The van der Waals surface area contributed by atoms with Gasteiger partial charge in [-0.15, -0.1) is 11.8 Å². The number of anilines is 1. The Labute approximate surface area is 152 Å². The lowest BCUT2D eigenvalue weighted by atomic mass is 10.2. The molecule has 2 aromatic carbocycles. The van der Waals surface area contributed by atoms with Crippen LogP contribution in [0.3, 0.4) is 0 Å². The summed E-state index contributed by atoms with van der Waals surface area (Å²) >= 11 is 1.53. The summed E-state index contributed by atoms with van der Waals surface area (Å²) < 4.78 is 43.5. The van der Waals surface area contributed by atoms with Crippen molar-refractivity contribution in [1.29, 1.82) is 0 Å². The fourth-order valence-electron chi connectivity index (χ4n) is 2.29. The van der Waals surface area contributed by atoms with Crippen LogP contribution in [0.25, 0.3) is 0 Å². The first-order valence-corrected chi connectivity index (χ1v) is 8.65. The second-order valence-corrected chi connectivity index (χ2v) is 6.46. The number of rotatable bonds is 5. The van der Waals surface area contributed by atoms with Gasteiger partial charge in [-0.2, -0.15) is 13.2 Å². The third kappa shape index (κ3) is 4.49. The summed E-state index contributed by atoms with van der Waals surface area (Å²) in [6.45, 7) is 0. The predicted octanol–water partition coefficient (Wildman–Crippen LogP) is 5.84. The highest BCUT2D eigenvalue weighted by Crippen LogP contribution is 2.31. The van der Waals surface area contributed by atoms with Gasteiger partial charge in [-0.25, -0.2) is 0 Å². The first-order valence-electron chi connectivity index (χ1n) is 7.66. The first-order chi connectivity index (χ1) is 12.4. The molecule has 3 rings (SSSR count). The Balaban J connectivity index is 1.70. The number of carbonyl (C=O) groups excluding carboxylic acids is 1. The minimum Gasteiger partial charge on any atom is -0.459 e. The van der Waals surface area contributed by atoms with Crippen molar-refractivity contribution < 1.29 is 22.4 Å². The van der Waals surface area contributed by atoms with Gasteiger partial charge in [0.1, 0.15) is 0 Å². The fourth-order valence-corrected chi connectivity index (χ4v) is 3.19. The van der Waals surface area contributed by atoms with Crippen molar-refractivity contribution in [2.24, 2.45) is 0 Å². The molecule has 3 nitrogen and oxygen atoms in total. The van der Waals surface area contributed by atoms with Crippen LogP contribution in [0.5, 0.6) is 0 Å². The minimum atomic E-state index is -4.47. The molecule has 26 heavy (non-hydrogen) atoms. The number of thioether (sulfide) groups is 1. The Morgan fingerprint density at radius 1 is 1.04 bits per heavy atom. The number of amides is 1. The third-order valence-electron chi connectivity index (χ3n) is 3.54. The van der Waals surface area contributed by atoms with Gasteiger partial charge in [0.15, 0.2) is 5.76 Å². The summed E-state index contributed by atoms with van der Waals surface area (Å²) in [7, 11) is 0. The number of nitrogens with one attached hydrogen (secondary N) is 1. The number of hydrogen-bond donors (Lipinski definition) is 1. The van der Waals surface area contributed by atoms with Crippen LogP contribution in [0.2, 0.25) is 0 Å². The van der Waals surface area contributed by atoms with Crippen molar-refractivity contribution >= 4 is 23.4 Å². The first kappa shape index (κ1) is 18.1. The van der Waals surface area contributed by atoms with Gasteiger partial charge >= 0.3 is 6.18 Å². The molecule has 3 aromatic rings. The molecule has 7 heteroatoms. The lowest BCUT2D eigenvalue weighted by Crippen LogP contribution is -2.13. The Kier molecular flexibility index (Phi) is 5.37. The van der Waals surface area contributed by atoms with Crippen LogP contribution >= 0.6 is 11.8 Å². The molecule has 1 aromatic heterocycles. The van der Waals surface area contributed by atoms with E-state index in [0.717, 1.165) is 17.0 Å². The van der Waals surface area contributed by atoms with Crippen LogP contribution in [-0.4, -0.2) is 5.91 Å². The summed E-state index contributed by atoms with van der Waals surface area (Å²) in [5, 5.41) is 2.45. The molecule has 0 saturated heterocycles. The molecule has 1 heterocycles. The van der Waals surface area contributed by atoms with E-state index in [-0.39, 0.29) is 11.4 Å². The van der Waals surface area contributed by atoms with E-state index in [4.69, 9.17) is 4.42 Å². The molecule has 0 atom stereocenters. The highest BCUT2D eigenvalue weighted by molar-refractivity contribution is 7.98. The lowest BCUT2D eigenvalue weighted by Gasteiger charge is -2.09. The molecule has 0 saturated carbocycles. The van der Waals surface area contributed by atoms with E-state index in [1.807, 2.05) is 30.3 Å². The van der Waals surface area contributed by atoms with Gasteiger partial charge in [0.2, 0.25) is 0 Å². The number of carbonyl (C=O) groups is 1. The van der Waals surface area contributed by atoms with Gasteiger partial charge in [-0.1, -0.05) is 24.3 Å². The van der Waals surface area contributed by atoms with E-state index in [1.165, 1.54) is 30.2 Å². The van der Waals surface area contributed by atoms with E-state index in [2.05, 4.69) is 5.32 Å². The molecule has 0 unspecified atom stereocenters. The van der Waals surface area contributed by atoms with Crippen LogP contribution < -0.4 is 5.32 Å². The van der Waals surface area contributed by atoms with Crippen molar-refractivity contribution in [2.45, 2.75) is 16.8 Å². The van der Waals surface area contributed by atoms with Crippen LogP contribution in [-0.2, 0) is 11.9 Å². The van der Waals surface area contributed by atoms with Crippen LogP contribution in [0.4, 0.5) is 18.9 Å². The van der Waals surface area contributed by atoms with Crippen molar-refractivity contribution in [2.75, 3.05) is 5.32 Å². The average molecular weight is 377 g/mol. The standard InChI is InChI=1S/C19H14F3NO2S/c20-19(21,22)14-5-4-6-15(11-14)23-18(24)17-13(9-10-25-17)12-26-16-7-2-1-3-8-16/h1-11H,12H2,(H,23,24). The molecule has 0 aliphatic heterocycles. The quantitative estimate of drug-likeness (QED) is 0.568. The molecular weight excluding hydrogens is 363 g/mol. The van der Waals surface area contributed by atoms with Crippen LogP contribution in [0.15, 0.2) is 76.2 Å². The zero-order valence-corrected chi connectivity index (χ0v) is 14.2. The van der Waals surface area contributed by atoms with E-state index in [9.17, 15) is 18.0 Å². The zero-order valence-electron chi connectivity index (χ0n) is 13.4. The summed E-state index contributed by atoms with van der Waals surface area (Å²) in [5.74, 6) is 0.00936. The largest absolute Gasteiger partial charge is 0.459 e. The second kappa shape index (κ2) is 7.70. The second-order valence-electron chi connectivity index (χ2n) is 5.41. The van der Waals surface area contributed by atoms with Gasteiger partial charge in [0.25, 0.3) is 5.91 Å². The summed E-state index contributed by atoms with van der Waals surface area (Å²) in [6, 6.07) is 15.8. The smallest absolute Gasteiger partial charge is 0.416 e. The Morgan fingerprint density at radius 2 is 1.81 bits per heavy atom. The number of furan rings is 1. The SMILES string of the molecule is O=C(Nc1cccc(C(F)(F)F)c1)c1occc1CSc1ccccc1. The maximum absolute atomic E-state index is 12.8. The average Bonchev–Trinajstić information content (AvgIpc) is 3.09. The summed E-state index contributed by atoms with van der Waals surface area (Å²) in [6.07, 6.45) is -3.08. The Hall–Kier alpha value is -2.67. The topological polar surface area (TPSA) is 42.2 Å². The van der Waals surface area contributed by atoms with E-state index < -0.39 is 17.6 Å². The van der Waals surface area contributed by atoms with Gasteiger partial charge < -0.3 is 9.73 Å². The molecule has 0 aliphatic carbocycles. The number of benzene rings is 2. The predicted molar refractivity (Wildman–Crippen MR) is 94.1 cm³/mol. The van der Waals surface area contributed by atoms with E-state index in [1.54, 1.807) is 6.07 Å². The Bertz CT molecular complexity index is 891. The molecule has 1 amide bonds. The van der Waals surface area contributed by atoms with Gasteiger partial charge in [-0.05, 0) is 36.4 Å². The third-order valence-corrected chi connectivity index (χ3v) is 4.60. The molecule has 0 radical (unpaired) electrons. The number of halogens is 3. The monoisotopic (exact) mass is 377 g/mol. The molecule has 0 aliphatic rings. The van der Waals surface area contributed by atoms with Gasteiger partial charge in [0.05, 0.1) is 11.8 Å². The maximum atomic E-state index is 12.8. The fraction of sp³-hybridized carbons (Fsp3) is 0.105. The van der Waals surface area contributed by atoms with Gasteiger partial charge in [-0.3, -0.25) is 4.79 Å². The van der Waals surface area contributed by atoms with Crippen molar-refractivity contribution in [3.63, 3.8) is 0 Å². The van der Waals surface area contributed by atoms with Crippen LogP contribution in [0, 0.1) is 0 Å². The van der Waals surface area contributed by atoms with E-state index in [0.29, 0.717) is 11.3 Å². The molecule has 0 spiro atoms. The highest BCUT2D eigenvalue weighted by Gasteiger charge is 2.30. The zero-order chi connectivity index (χ0) is 18.6. The number of hydrogen-bond acceptors (Lipinski definition) is 3. The molecule has 134 valence electrons. The number of alkyl halides is 3.